The molecule has 0 atom stereocenters. The molecule has 1 aliphatic heterocycles. The molecular weight excluding hydrogens is 346 g/mol. The zero-order chi connectivity index (χ0) is 18.4. The van der Waals surface area contributed by atoms with Crippen LogP contribution in [0.25, 0.3) is 0 Å². The van der Waals surface area contributed by atoms with Crippen molar-refractivity contribution in [2.75, 3.05) is 29.5 Å². The zero-order valence-corrected chi connectivity index (χ0v) is 15.6. The largest absolute Gasteiger partial charge is 0.325 e. The Morgan fingerprint density at radius 1 is 0.962 bits per heavy atom. The first-order valence-electron chi connectivity index (χ1n) is 8.76. The highest BCUT2D eigenvalue weighted by molar-refractivity contribution is 8.00. The van der Waals surface area contributed by atoms with Crippen molar-refractivity contribution >= 4 is 35.1 Å². The fourth-order valence-corrected chi connectivity index (χ4v) is 3.48. The van der Waals surface area contributed by atoms with Gasteiger partial charge in [-0.3, -0.25) is 4.79 Å². The quantitative estimate of drug-likeness (QED) is 0.770. The van der Waals surface area contributed by atoms with Crippen molar-refractivity contribution in [1.82, 2.24) is 4.90 Å². The summed E-state index contributed by atoms with van der Waals surface area (Å²) in [5.41, 5.74) is 2.44. The van der Waals surface area contributed by atoms with Gasteiger partial charge in [0.15, 0.2) is 0 Å². The lowest BCUT2D eigenvalue weighted by Gasteiger charge is -2.18. The first-order valence-corrected chi connectivity index (χ1v) is 9.74. The standard InChI is InChI=1S/C20H23N3O2S/c1-15-8-10-16(11-9-15)26-14-19(24)21-17-6-2-3-7-18(17)22-20(25)23-12-4-5-13-23/h2-3,6-11H,4-5,12-14H2,1H3,(H,21,24)(H,22,25). The van der Waals surface area contributed by atoms with Gasteiger partial charge in [-0.05, 0) is 44.0 Å². The molecule has 3 amide bonds. The van der Waals surface area contributed by atoms with Crippen molar-refractivity contribution in [2.24, 2.45) is 0 Å². The Labute approximate surface area is 158 Å². The molecule has 1 saturated heterocycles. The van der Waals surface area contributed by atoms with Crippen molar-refractivity contribution in [3.05, 3.63) is 54.1 Å². The fourth-order valence-electron chi connectivity index (χ4n) is 2.79. The molecule has 26 heavy (non-hydrogen) atoms. The first-order chi connectivity index (χ1) is 12.6. The van der Waals surface area contributed by atoms with E-state index < -0.39 is 0 Å². The molecule has 1 fully saturated rings. The highest BCUT2D eigenvalue weighted by Crippen LogP contribution is 2.23. The summed E-state index contributed by atoms with van der Waals surface area (Å²) in [6, 6.07) is 15.3. The molecule has 0 spiro atoms. The first kappa shape index (κ1) is 18.3. The highest BCUT2D eigenvalue weighted by atomic mass is 32.2. The number of hydrogen-bond acceptors (Lipinski definition) is 3. The summed E-state index contributed by atoms with van der Waals surface area (Å²) in [7, 11) is 0. The van der Waals surface area contributed by atoms with E-state index >= 15 is 0 Å². The third-order valence-corrected chi connectivity index (χ3v) is 5.24. The predicted molar refractivity (Wildman–Crippen MR) is 107 cm³/mol. The summed E-state index contributed by atoms with van der Waals surface area (Å²) in [6.07, 6.45) is 2.09. The van der Waals surface area contributed by atoms with Crippen LogP contribution in [0.15, 0.2) is 53.4 Å². The van der Waals surface area contributed by atoms with Crippen LogP contribution in [-0.2, 0) is 4.79 Å². The van der Waals surface area contributed by atoms with Crippen LogP contribution in [-0.4, -0.2) is 35.7 Å². The normalized spacial score (nSPS) is 13.5. The molecule has 0 bridgehead atoms. The van der Waals surface area contributed by atoms with E-state index in [2.05, 4.69) is 10.6 Å². The van der Waals surface area contributed by atoms with Crippen LogP contribution in [0.1, 0.15) is 18.4 Å². The number of benzene rings is 2. The second-order valence-corrected chi connectivity index (χ2v) is 7.37. The topological polar surface area (TPSA) is 61.4 Å². The minimum absolute atomic E-state index is 0.0987. The summed E-state index contributed by atoms with van der Waals surface area (Å²) in [5.74, 6) is 0.218. The van der Waals surface area contributed by atoms with Gasteiger partial charge in [-0.1, -0.05) is 29.8 Å². The maximum atomic E-state index is 12.3. The van der Waals surface area contributed by atoms with Crippen LogP contribution in [0, 0.1) is 6.92 Å². The van der Waals surface area contributed by atoms with Gasteiger partial charge in [0, 0.05) is 18.0 Å². The van der Waals surface area contributed by atoms with Crippen LogP contribution in [0.3, 0.4) is 0 Å². The molecule has 1 heterocycles. The summed E-state index contributed by atoms with van der Waals surface area (Å²) in [5, 5.41) is 5.80. The lowest BCUT2D eigenvalue weighted by atomic mass is 10.2. The fraction of sp³-hybridized carbons (Fsp3) is 0.300. The van der Waals surface area contributed by atoms with Crippen LogP contribution >= 0.6 is 11.8 Å². The molecule has 0 aromatic heterocycles. The Balaban J connectivity index is 1.57. The minimum atomic E-state index is -0.113. The van der Waals surface area contributed by atoms with Crippen molar-refractivity contribution < 1.29 is 9.59 Å². The number of aryl methyl sites for hydroxylation is 1. The third kappa shape index (κ3) is 5.02. The lowest BCUT2D eigenvalue weighted by molar-refractivity contribution is -0.113. The van der Waals surface area contributed by atoms with Gasteiger partial charge in [0.2, 0.25) is 5.91 Å². The zero-order valence-electron chi connectivity index (χ0n) is 14.8. The number of rotatable bonds is 5. The second-order valence-electron chi connectivity index (χ2n) is 6.32. The Bertz CT molecular complexity index is 771. The lowest BCUT2D eigenvalue weighted by Crippen LogP contribution is -2.32. The van der Waals surface area contributed by atoms with Gasteiger partial charge >= 0.3 is 6.03 Å². The number of thioether (sulfide) groups is 1. The average Bonchev–Trinajstić information content (AvgIpc) is 3.18. The van der Waals surface area contributed by atoms with Gasteiger partial charge in [-0.15, -0.1) is 11.8 Å². The maximum absolute atomic E-state index is 12.3. The van der Waals surface area contributed by atoms with E-state index in [-0.39, 0.29) is 11.9 Å². The number of nitrogens with zero attached hydrogens (tertiary/aromatic N) is 1. The Hall–Kier alpha value is -2.47. The van der Waals surface area contributed by atoms with E-state index in [1.165, 1.54) is 17.3 Å². The Morgan fingerprint density at radius 3 is 2.23 bits per heavy atom. The molecule has 0 saturated carbocycles. The average molecular weight is 369 g/mol. The highest BCUT2D eigenvalue weighted by Gasteiger charge is 2.19. The van der Waals surface area contributed by atoms with Crippen molar-refractivity contribution in [2.45, 2.75) is 24.7 Å². The second kappa shape index (κ2) is 8.76. The van der Waals surface area contributed by atoms with Crippen LogP contribution in [0.4, 0.5) is 16.2 Å². The van der Waals surface area contributed by atoms with E-state index in [9.17, 15) is 9.59 Å². The minimum Gasteiger partial charge on any atom is -0.325 e. The summed E-state index contributed by atoms with van der Waals surface area (Å²) in [4.78, 5) is 27.4. The van der Waals surface area contributed by atoms with E-state index in [1.807, 2.05) is 43.3 Å². The van der Waals surface area contributed by atoms with E-state index in [4.69, 9.17) is 0 Å². The van der Waals surface area contributed by atoms with Gasteiger partial charge in [0.1, 0.15) is 0 Å². The van der Waals surface area contributed by atoms with Gasteiger partial charge in [0.25, 0.3) is 0 Å². The Kier molecular flexibility index (Phi) is 6.17. The Morgan fingerprint density at radius 2 is 1.58 bits per heavy atom. The number of urea groups is 1. The molecule has 6 heteroatoms. The number of nitrogens with one attached hydrogen (secondary N) is 2. The van der Waals surface area contributed by atoms with Gasteiger partial charge in [-0.2, -0.15) is 0 Å². The molecule has 136 valence electrons. The summed E-state index contributed by atoms with van der Waals surface area (Å²) < 4.78 is 0. The van der Waals surface area contributed by atoms with Crippen molar-refractivity contribution in [3.63, 3.8) is 0 Å². The number of likely N-dealkylation sites (tertiary alicyclic amines) is 1. The van der Waals surface area contributed by atoms with Crippen LogP contribution in [0.5, 0.6) is 0 Å². The number of hydrogen-bond donors (Lipinski definition) is 2. The molecule has 5 nitrogen and oxygen atoms in total. The molecule has 3 rings (SSSR count). The SMILES string of the molecule is Cc1ccc(SCC(=O)Nc2ccccc2NC(=O)N2CCCC2)cc1. The van der Waals surface area contributed by atoms with Crippen LogP contribution in [0.2, 0.25) is 0 Å². The molecule has 0 radical (unpaired) electrons. The molecule has 2 aromatic carbocycles. The third-order valence-electron chi connectivity index (χ3n) is 4.23. The maximum Gasteiger partial charge on any atom is 0.321 e. The molecular formula is C20H23N3O2S. The molecule has 2 aromatic rings. The number of carbonyl (C=O) groups is 2. The van der Waals surface area contributed by atoms with Crippen molar-refractivity contribution in [3.8, 4) is 0 Å². The summed E-state index contributed by atoms with van der Waals surface area (Å²) in [6.45, 7) is 3.61. The monoisotopic (exact) mass is 369 g/mol. The van der Waals surface area contributed by atoms with Gasteiger partial charge in [-0.25, -0.2) is 4.79 Å². The number of anilines is 2. The molecule has 2 N–H and O–H groups in total. The van der Waals surface area contributed by atoms with Crippen LogP contribution < -0.4 is 10.6 Å². The van der Waals surface area contributed by atoms with E-state index in [0.717, 1.165) is 30.8 Å². The predicted octanol–water partition coefficient (Wildman–Crippen LogP) is 4.35. The van der Waals surface area contributed by atoms with E-state index in [1.54, 1.807) is 17.0 Å². The molecule has 0 unspecified atom stereocenters. The number of para-hydroxylation sites is 2. The van der Waals surface area contributed by atoms with Crippen molar-refractivity contribution in [1.29, 1.82) is 0 Å². The number of amides is 3. The van der Waals surface area contributed by atoms with Gasteiger partial charge < -0.3 is 15.5 Å². The van der Waals surface area contributed by atoms with Gasteiger partial charge in [0.05, 0.1) is 17.1 Å². The van der Waals surface area contributed by atoms with E-state index in [0.29, 0.717) is 17.1 Å². The smallest absolute Gasteiger partial charge is 0.321 e. The summed E-state index contributed by atoms with van der Waals surface area (Å²) >= 11 is 1.49. The molecule has 0 aliphatic carbocycles. The number of carbonyl (C=O) groups excluding carboxylic acids is 2. The molecule has 1 aliphatic rings.